The van der Waals surface area contributed by atoms with Gasteiger partial charge in [-0.3, -0.25) is 15.2 Å². The molecule has 7 nitrogen and oxygen atoms in total. The maximum absolute atomic E-state index is 10.9. The fourth-order valence-electron chi connectivity index (χ4n) is 1.78. The van der Waals surface area contributed by atoms with Crippen LogP contribution >= 0.6 is 0 Å². The highest BCUT2D eigenvalue weighted by atomic mass is 16.6. The van der Waals surface area contributed by atoms with E-state index < -0.39 is 0 Å². The van der Waals surface area contributed by atoms with Crippen LogP contribution in [-0.4, -0.2) is 26.6 Å². The minimum atomic E-state index is -0.377. The standard InChI is InChI=1S/C12H15N5O2/c1-9-4-5-11(17(18)19)10(7-9)13-6-2-3-12-14-8-15-16-12/h4-5,7-8,13H,2-3,6H2,1H3,(H,14,15,16). The van der Waals surface area contributed by atoms with E-state index in [0.717, 1.165) is 24.2 Å². The zero-order valence-corrected chi connectivity index (χ0v) is 10.6. The molecule has 2 rings (SSSR count). The first-order valence-corrected chi connectivity index (χ1v) is 6.00. The van der Waals surface area contributed by atoms with Crippen molar-refractivity contribution in [1.82, 2.24) is 15.2 Å². The highest BCUT2D eigenvalue weighted by Crippen LogP contribution is 2.25. The van der Waals surface area contributed by atoms with Gasteiger partial charge in [0.05, 0.1) is 4.92 Å². The van der Waals surface area contributed by atoms with Crippen LogP contribution in [0.2, 0.25) is 0 Å². The molecule has 0 fully saturated rings. The molecule has 0 bridgehead atoms. The molecule has 0 saturated carbocycles. The number of nitrogens with zero attached hydrogens (tertiary/aromatic N) is 3. The Hall–Kier alpha value is -2.44. The highest BCUT2D eigenvalue weighted by Gasteiger charge is 2.12. The summed E-state index contributed by atoms with van der Waals surface area (Å²) in [5.41, 5.74) is 1.65. The van der Waals surface area contributed by atoms with Gasteiger partial charge < -0.3 is 5.32 Å². The molecule has 0 aliphatic carbocycles. The Morgan fingerprint density at radius 2 is 2.32 bits per heavy atom. The summed E-state index contributed by atoms with van der Waals surface area (Å²) in [5, 5.41) is 20.5. The Bertz CT molecular complexity index is 553. The molecular formula is C12H15N5O2. The van der Waals surface area contributed by atoms with Crippen molar-refractivity contribution in [2.75, 3.05) is 11.9 Å². The largest absolute Gasteiger partial charge is 0.379 e. The number of aromatic amines is 1. The molecule has 0 saturated heterocycles. The molecule has 1 aromatic heterocycles. The number of H-pyrrole nitrogens is 1. The summed E-state index contributed by atoms with van der Waals surface area (Å²) in [6.45, 7) is 2.55. The third kappa shape index (κ3) is 3.51. The number of hydrogen-bond acceptors (Lipinski definition) is 5. The minimum Gasteiger partial charge on any atom is -0.379 e. The molecule has 2 N–H and O–H groups in total. The predicted molar refractivity (Wildman–Crippen MR) is 71.0 cm³/mol. The van der Waals surface area contributed by atoms with Gasteiger partial charge in [-0.2, -0.15) is 5.10 Å². The number of hydrogen-bond donors (Lipinski definition) is 2. The van der Waals surface area contributed by atoms with Crippen molar-refractivity contribution in [3.8, 4) is 0 Å². The van der Waals surface area contributed by atoms with Gasteiger partial charge in [-0.05, 0) is 25.0 Å². The number of aryl methyl sites for hydroxylation is 2. The number of nitro benzene ring substituents is 1. The molecule has 2 aromatic rings. The van der Waals surface area contributed by atoms with E-state index in [1.165, 1.54) is 12.4 Å². The SMILES string of the molecule is Cc1ccc([N+](=O)[O-])c(NCCCc2ncn[nH]2)c1. The number of nitro groups is 1. The molecule has 0 amide bonds. The van der Waals surface area contributed by atoms with Gasteiger partial charge in [0.2, 0.25) is 0 Å². The van der Waals surface area contributed by atoms with E-state index in [9.17, 15) is 10.1 Å². The van der Waals surface area contributed by atoms with E-state index in [0.29, 0.717) is 12.2 Å². The van der Waals surface area contributed by atoms with Crippen LogP contribution in [-0.2, 0) is 6.42 Å². The molecule has 19 heavy (non-hydrogen) atoms. The van der Waals surface area contributed by atoms with Crippen LogP contribution in [0.1, 0.15) is 17.8 Å². The first kappa shape index (κ1) is 13.0. The summed E-state index contributed by atoms with van der Waals surface area (Å²) < 4.78 is 0. The molecule has 1 aromatic carbocycles. The van der Waals surface area contributed by atoms with Gasteiger partial charge >= 0.3 is 0 Å². The fourth-order valence-corrected chi connectivity index (χ4v) is 1.78. The van der Waals surface area contributed by atoms with Gasteiger partial charge in [0, 0.05) is 19.0 Å². The van der Waals surface area contributed by atoms with Crippen LogP contribution < -0.4 is 5.32 Å². The Morgan fingerprint density at radius 3 is 3.00 bits per heavy atom. The topological polar surface area (TPSA) is 96.7 Å². The van der Waals surface area contributed by atoms with Crippen LogP contribution in [0, 0.1) is 17.0 Å². The quantitative estimate of drug-likeness (QED) is 0.471. The van der Waals surface area contributed by atoms with Crippen LogP contribution in [0.5, 0.6) is 0 Å². The Kier molecular flexibility index (Phi) is 4.07. The lowest BCUT2D eigenvalue weighted by molar-refractivity contribution is -0.384. The van der Waals surface area contributed by atoms with Crippen LogP contribution in [0.25, 0.3) is 0 Å². The number of benzene rings is 1. The van der Waals surface area contributed by atoms with Crippen LogP contribution in [0.3, 0.4) is 0 Å². The molecule has 0 aliphatic rings. The average Bonchev–Trinajstić information content (AvgIpc) is 2.87. The normalized spacial score (nSPS) is 10.4. The second-order valence-electron chi connectivity index (χ2n) is 4.24. The first-order valence-electron chi connectivity index (χ1n) is 6.00. The Labute approximate surface area is 110 Å². The Morgan fingerprint density at radius 1 is 1.47 bits per heavy atom. The van der Waals surface area contributed by atoms with Crippen molar-refractivity contribution >= 4 is 11.4 Å². The number of aromatic nitrogens is 3. The van der Waals surface area contributed by atoms with Crippen LogP contribution in [0.15, 0.2) is 24.5 Å². The third-order valence-electron chi connectivity index (χ3n) is 2.72. The summed E-state index contributed by atoms with van der Waals surface area (Å²) >= 11 is 0. The minimum absolute atomic E-state index is 0.102. The number of anilines is 1. The van der Waals surface area contributed by atoms with Crippen molar-refractivity contribution in [2.45, 2.75) is 19.8 Å². The maximum atomic E-state index is 10.9. The molecule has 0 unspecified atom stereocenters. The zero-order valence-electron chi connectivity index (χ0n) is 10.6. The molecule has 0 aliphatic heterocycles. The van der Waals surface area contributed by atoms with Gasteiger partial charge in [0.25, 0.3) is 5.69 Å². The highest BCUT2D eigenvalue weighted by molar-refractivity contribution is 5.62. The molecule has 100 valence electrons. The van der Waals surface area contributed by atoms with Gasteiger partial charge in [-0.1, -0.05) is 6.07 Å². The third-order valence-corrected chi connectivity index (χ3v) is 2.72. The van der Waals surface area contributed by atoms with Gasteiger partial charge in [-0.15, -0.1) is 0 Å². The maximum Gasteiger partial charge on any atom is 0.292 e. The van der Waals surface area contributed by atoms with Gasteiger partial charge in [0.15, 0.2) is 0 Å². The van der Waals surface area contributed by atoms with Crippen molar-refractivity contribution in [1.29, 1.82) is 0 Å². The van der Waals surface area contributed by atoms with E-state index in [-0.39, 0.29) is 10.6 Å². The fraction of sp³-hybridized carbons (Fsp3) is 0.333. The molecule has 1 heterocycles. The number of nitrogens with one attached hydrogen (secondary N) is 2. The van der Waals surface area contributed by atoms with Crippen LogP contribution in [0.4, 0.5) is 11.4 Å². The van der Waals surface area contributed by atoms with E-state index >= 15 is 0 Å². The Balaban J connectivity index is 1.91. The summed E-state index contributed by atoms with van der Waals surface area (Å²) in [5.74, 6) is 0.820. The van der Waals surface area contributed by atoms with Crippen molar-refractivity contribution < 1.29 is 4.92 Å². The summed E-state index contributed by atoms with van der Waals surface area (Å²) in [6, 6.07) is 5.04. The van der Waals surface area contributed by atoms with E-state index in [2.05, 4.69) is 20.5 Å². The van der Waals surface area contributed by atoms with Crippen molar-refractivity contribution in [2.24, 2.45) is 0 Å². The summed E-state index contributed by atoms with van der Waals surface area (Å²) in [6.07, 6.45) is 3.04. The predicted octanol–water partition coefficient (Wildman–Crippen LogP) is 2.07. The van der Waals surface area contributed by atoms with E-state index in [4.69, 9.17) is 0 Å². The van der Waals surface area contributed by atoms with Crippen molar-refractivity contribution in [3.63, 3.8) is 0 Å². The summed E-state index contributed by atoms with van der Waals surface area (Å²) in [4.78, 5) is 14.5. The smallest absolute Gasteiger partial charge is 0.292 e. The van der Waals surface area contributed by atoms with Gasteiger partial charge in [-0.25, -0.2) is 4.98 Å². The summed E-state index contributed by atoms with van der Waals surface area (Å²) in [7, 11) is 0. The zero-order chi connectivity index (χ0) is 13.7. The molecule has 7 heteroatoms. The lowest BCUT2D eigenvalue weighted by atomic mass is 10.2. The molecule has 0 atom stereocenters. The van der Waals surface area contributed by atoms with Gasteiger partial charge in [0.1, 0.15) is 17.8 Å². The monoisotopic (exact) mass is 261 g/mol. The molecular weight excluding hydrogens is 246 g/mol. The first-order chi connectivity index (χ1) is 9.16. The second-order valence-corrected chi connectivity index (χ2v) is 4.24. The second kappa shape index (κ2) is 5.94. The van der Waals surface area contributed by atoms with E-state index in [1.54, 1.807) is 12.1 Å². The van der Waals surface area contributed by atoms with Crippen molar-refractivity contribution in [3.05, 3.63) is 46.0 Å². The lowest BCUT2D eigenvalue weighted by Crippen LogP contribution is -2.06. The molecule has 0 radical (unpaired) electrons. The lowest BCUT2D eigenvalue weighted by Gasteiger charge is -2.07. The molecule has 0 spiro atoms. The average molecular weight is 261 g/mol. The number of rotatable bonds is 6. The van der Waals surface area contributed by atoms with E-state index in [1.807, 2.05) is 6.92 Å².